The molecule has 1 N–H and O–H groups in total. The number of benzene rings is 2. The number of nitrogens with zero attached hydrogens (tertiary/aromatic N) is 2. The highest BCUT2D eigenvalue weighted by molar-refractivity contribution is 6.07. The summed E-state index contributed by atoms with van der Waals surface area (Å²) in [5, 5.41) is 2.18. The molecule has 3 aliphatic rings. The third kappa shape index (κ3) is 5.05. The Morgan fingerprint density at radius 3 is 2.50 bits per heavy atom. The summed E-state index contributed by atoms with van der Waals surface area (Å²) in [5.41, 5.74) is 3.22. The number of ether oxygens (including phenoxy) is 1. The third-order valence-electron chi connectivity index (χ3n) is 8.01. The number of anilines is 1. The van der Waals surface area contributed by atoms with Crippen LogP contribution in [0.4, 0.5) is 5.69 Å². The van der Waals surface area contributed by atoms with Gasteiger partial charge in [0.2, 0.25) is 18.2 Å². The van der Waals surface area contributed by atoms with Gasteiger partial charge in [-0.2, -0.15) is 0 Å². The maximum Gasteiger partial charge on any atom is 0.261 e. The van der Waals surface area contributed by atoms with Gasteiger partial charge in [-0.3, -0.25) is 34.2 Å². The molecule has 9 heteroatoms. The Balaban J connectivity index is 1.08. The molecule has 2 saturated heterocycles. The predicted octanol–water partition coefficient (Wildman–Crippen LogP) is 2.90. The van der Waals surface area contributed by atoms with Crippen LogP contribution in [0, 0.1) is 18.3 Å². The number of aldehydes is 1. The van der Waals surface area contributed by atoms with Gasteiger partial charge in [0.1, 0.15) is 18.1 Å². The lowest BCUT2D eigenvalue weighted by Crippen LogP contribution is -2.62. The molecule has 5 rings (SSSR count). The SMILES string of the molecule is Cc1cc(OCCC2CC3(C2)CN(c2ccc(C=O)cc2)C3)ccc1C(=O)N(C=O)C1CCC(=O)NC1=O. The summed E-state index contributed by atoms with van der Waals surface area (Å²) in [6.07, 6.45) is 4.74. The molecular weight excluding hydrogens is 486 g/mol. The summed E-state index contributed by atoms with van der Waals surface area (Å²) < 4.78 is 5.96. The van der Waals surface area contributed by atoms with Crippen LogP contribution in [0.1, 0.15) is 58.4 Å². The third-order valence-corrected chi connectivity index (χ3v) is 8.01. The van der Waals surface area contributed by atoms with Crippen molar-refractivity contribution < 1.29 is 28.7 Å². The van der Waals surface area contributed by atoms with E-state index in [1.165, 1.54) is 18.5 Å². The molecule has 2 aliphatic heterocycles. The van der Waals surface area contributed by atoms with Crippen LogP contribution in [-0.4, -0.2) is 61.1 Å². The number of aryl methyl sites for hydroxylation is 1. The van der Waals surface area contributed by atoms with E-state index in [1.54, 1.807) is 25.1 Å². The summed E-state index contributed by atoms with van der Waals surface area (Å²) in [4.78, 5) is 62.2. The van der Waals surface area contributed by atoms with E-state index in [1.807, 2.05) is 24.3 Å². The molecule has 3 fully saturated rings. The Bertz CT molecular complexity index is 1260. The molecule has 4 amide bonds. The summed E-state index contributed by atoms with van der Waals surface area (Å²) >= 11 is 0. The Labute approximate surface area is 221 Å². The molecule has 0 bridgehead atoms. The van der Waals surface area contributed by atoms with Gasteiger partial charge < -0.3 is 9.64 Å². The summed E-state index contributed by atoms with van der Waals surface area (Å²) in [7, 11) is 0. The van der Waals surface area contributed by atoms with Gasteiger partial charge in [-0.15, -0.1) is 0 Å². The van der Waals surface area contributed by atoms with E-state index in [0.717, 1.165) is 30.7 Å². The van der Waals surface area contributed by atoms with Crippen molar-refractivity contribution in [2.45, 2.75) is 45.1 Å². The van der Waals surface area contributed by atoms with E-state index in [4.69, 9.17) is 4.74 Å². The van der Waals surface area contributed by atoms with Crippen molar-refractivity contribution >= 4 is 36.1 Å². The quantitative estimate of drug-likeness (QED) is 0.402. The van der Waals surface area contributed by atoms with Gasteiger partial charge in [0, 0.05) is 41.7 Å². The monoisotopic (exact) mass is 517 g/mol. The first-order chi connectivity index (χ1) is 18.3. The van der Waals surface area contributed by atoms with Crippen LogP contribution in [-0.2, 0) is 14.4 Å². The van der Waals surface area contributed by atoms with E-state index in [2.05, 4.69) is 10.2 Å². The Kier molecular flexibility index (Phi) is 7.01. The van der Waals surface area contributed by atoms with Crippen LogP contribution in [0.25, 0.3) is 0 Å². The molecular formula is C29H31N3O6. The van der Waals surface area contributed by atoms with Crippen molar-refractivity contribution in [3.8, 4) is 5.75 Å². The molecule has 1 aliphatic carbocycles. The number of rotatable bonds is 9. The highest BCUT2D eigenvalue weighted by Gasteiger charge is 2.51. The summed E-state index contributed by atoms with van der Waals surface area (Å²) in [6, 6.07) is 11.8. The molecule has 2 heterocycles. The van der Waals surface area contributed by atoms with Crippen molar-refractivity contribution in [2.75, 3.05) is 24.6 Å². The normalized spacial score (nSPS) is 20.2. The molecule has 2 aromatic carbocycles. The highest BCUT2D eigenvalue weighted by Crippen LogP contribution is 2.53. The van der Waals surface area contributed by atoms with Crippen LogP contribution >= 0.6 is 0 Å². The molecule has 1 saturated carbocycles. The zero-order valence-electron chi connectivity index (χ0n) is 21.4. The number of nitrogens with one attached hydrogen (secondary N) is 1. The number of piperidine rings is 1. The Morgan fingerprint density at radius 2 is 1.87 bits per heavy atom. The molecule has 38 heavy (non-hydrogen) atoms. The minimum atomic E-state index is -0.996. The lowest BCUT2D eigenvalue weighted by molar-refractivity contribution is -0.139. The Morgan fingerprint density at radius 1 is 1.13 bits per heavy atom. The number of carbonyl (C=O) groups excluding carboxylic acids is 5. The number of amides is 4. The number of imide groups is 2. The van der Waals surface area contributed by atoms with E-state index >= 15 is 0 Å². The van der Waals surface area contributed by atoms with Gasteiger partial charge in [-0.25, -0.2) is 0 Å². The highest BCUT2D eigenvalue weighted by atomic mass is 16.5. The van der Waals surface area contributed by atoms with E-state index in [-0.39, 0.29) is 12.8 Å². The maximum atomic E-state index is 13.0. The topological polar surface area (TPSA) is 113 Å². The first-order valence-corrected chi connectivity index (χ1v) is 13.0. The molecule has 0 radical (unpaired) electrons. The fraction of sp³-hybridized carbons (Fsp3) is 0.414. The van der Waals surface area contributed by atoms with Crippen molar-refractivity contribution in [3.05, 3.63) is 59.2 Å². The standard InChI is InChI=1S/C29H31N3O6/c1-19-12-23(6-7-24(19)28(37)32(18-34)25-8-9-26(35)30-27(25)36)38-11-10-21-13-29(14-21)16-31(17-29)22-4-2-20(15-33)3-5-22/h2-7,12,15,18,21,25H,8-11,13-14,16-17H2,1H3,(H,30,35,36). The van der Waals surface area contributed by atoms with Crippen molar-refractivity contribution in [2.24, 2.45) is 11.3 Å². The second-order valence-electron chi connectivity index (χ2n) is 10.7. The molecule has 1 atom stereocenters. The predicted molar refractivity (Wildman–Crippen MR) is 139 cm³/mol. The number of hydrogen-bond donors (Lipinski definition) is 1. The van der Waals surface area contributed by atoms with Crippen molar-refractivity contribution in [1.82, 2.24) is 10.2 Å². The van der Waals surface area contributed by atoms with Gasteiger partial charge in [-0.1, -0.05) is 0 Å². The van der Waals surface area contributed by atoms with Crippen molar-refractivity contribution in [3.63, 3.8) is 0 Å². The van der Waals surface area contributed by atoms with Crippen LogP contribution < -0.4 is 15.0 Å². The van der Waals surface area contributed by atoms with Gasteiger partial charge in [0.25, 0.3) is 5.91 Å². The molecule has 0 aromatic heterocycles. The lowest BCUT2D eigenvalue weighted by atomic mass is 9.57. The van der Waals surface area contributed by atoms with E-state index < -0.39 is 23.8 Å². The Hall–Kier alpha value is -4.01. The fourth-order valence-electron chi connectivity index (χ4n) is 6.00. The van der Waals surface area contributed by atoms with Gasteiger partial charge in [-0.05, 0) is 86.6 Å². The van der Waals surface area contributed by atoms with Gasteiger partial charge >= 0.3 is 0 Å². The summed E-state index contributed by atoms with van der Waals surface area (Å²) in [5.74, 6) is -0.338. The summed E-state index contributed by atoms with van der Waals surface area (Å²) in [6.45, 7) is 4.45. The zero-order chi connectivity index (χ0) is 26.9. The van der Waals surface area contributed by atoms with Crippen LogP contribution in [0.15, 0.2) is 42.5 Å². The molecule has 9 nitrogen and oxygen atoms in total. The van der Waals surface area contributed by atoms with Gasteiger partial charge in [0.15, 0.2) is 0 Å². The fourth-order valence-corrected chi connectivity index (χ4v) is 6.00. The van der Waals surface area contributed by atoms with E-state index in [9.17, 15) is 24.0 Å². The van der Waals surface area contributed by atoms with E-state index in [0.29, 0.717) is 46.8 Å². The van der Waals surface area contributed by atoms with Gasteiger partial charge in [0.05, 0.1) is 6.61 Å². The van der Waals surface area contributed by atoms with Crippen molar-refractivity contribution in [1.29, 1.82) is 0 Å². The number of hydrogen-bond acceptors (Lipinski definition) is 7. The molecule has 2 aromatic rings. The average molecular weight is 518 g/mol. The minimum absolute atomic E-state index is 0.0798. The first kappa shape index (κ1) is 25.6. The molecule has 198 valence electrons. The second-order valence-corrected chi connectivity index (χ2v) is 10.7. The maximum absolute atomic E-state index is 13.0. The van der Waals surface area contributed by atoms with Crippen LogP contribution in [0.2, 0.25) is 0 Å². The first-order valence-electron chi connectivity index (χ1n) is 13.0. The lowest BCUT2D eigenvalue weighted by Gasteiger charge is -2.60. The van der Waals surface area contributed by atoms with Crippen LogP contribution in [0.3, 0.4) is 0 Å². The zero-order valence-corrected chi connectivity index (χ0v) is 21.4. The van der Waals surface area contributed by atoms with Crippen LogP contribution in [0.5, 0.6) is 5.75 Å². The second kappa shape index (κ2) is 10.4. The largest absolute Gasteiger partial charge is 0.494 e. The molecule has 1 unspecified atom stereocenters. The smallest absolute Gasteiger partial charge is 0.261 e. The minimum Gasteiger partial charge on any atom is -0.494 e. The number of carbonyl (C=O) groups is 5. The average Bonchev–Trinajstić information content (AvgIpc) is 2.86. The molecule has 1 spiro atoms.